The van der Waals surface area contributed by atoms with Gasteiger partial charge >= 0.3 is 11.7 Å². The SMILES string of the molecule is CC(OC(=O)c1nc(-c2cccs2)n(-c2ccc(F)cc2)n1)C(=O)Nc1ccc(F)c([N+](=O)[O-])c1. The fraction of sp³-hybridized carbons (Fsp3) is 0.0909. The number of rotatable bonds is 7. The van der Waals surface area contributed by atoms with Crippen molar-refractivity contribution < 1.29 is 28.0 Å². The van der Waals surface area contributed by atoms with E-state index in [1.807, 2.05) is 5.38 Å². The van der Waals surface area contributed by atoms with Crippen LogP contribution >= 0.6 is 11.3 Å². The van der Waals surface area contributed by atoms with Crippen molar-refractivity contribution in [1.29, 1.82) is 0 Å². The molecule has 0 saturated carbocycles. The van der Waals surface area contributed by atoms with Crippen LogP contribution in [0.15, 0.2) is 60.0 Å². The zero-order valence-corrected chi connectivity index (χ0v) is 18.7. The summed E-state index contributed by atoms with van der Waals surface area (Å²) in [6, 6.07) is 11.8. The maximum atomic E-state index is 13.5. The van der Waals surface area contributed by atoms with Gasteiger partial charge in [0.1, 0.15) is 5.82 Å². The van der Waals surface area contributed by atoms with Crippen molar-refractivity contribution in [3.8, 4) is 16.4 Å². The van der Waals surface area contributed by atoms with Crippen molar-refractivity contribution >= 4 is 34.6 Å². The molecule has 1 atom stereocenters. The summed E-state index contributed by atoms with van der Waals surface area (Å²) in [6.07, 6.45) is -1.34. The van der Waals surface area contributed by atoms with Crippen LogP contribution in [0.25, 0.3) is 16.4 Å². The van der Waals surface area contributed by atoms with E-state index in [9.17, 15) is 28.5 Å². The lowest BCUT2D eigenvalue weighted by Gasteiger charge is -2.12. The number of esters is 1. The van der Waals surface area contributed by atoms with Gasteiger partial charge in [0.05, 0.1) is 15.5 Å². The summed E-state index contributed by atoms with van der Waals surface area (Å²) < 4.78 is 33.4. The number of nitro groups is 1. The highest BCUT2D eigenvalue weighted by Crippen LogP contribution is 2.26. The zero-order chi connectivity index (χ0) is 25.1. The maximum Gasteiger partial charge on any atom is 0.379 e. The molecular weight excluding hydrogens is 484 g/mol. The average Bonchev–Trinajstić information content (AvgIpc) is 3.50. The highest BCUT2D eigenvalue weighted by atomic mass is 32.1. The Balaban J connectivity index is 1.53. The molecule has 2 heterocycles. The van der Waals surface area contributed by atoms with Crippen LogP contribution in [0.2, 0.25) is 0 Å². The molecule has 0 aliphatic carbocycles. The van der Waals surface area contributed by atoms with Crippen LogP contribution in [0.1, 0.15) is 17.5 Å². The molecule has 0 aliphatic rings. The topological polar surface area (TPSA) is 129 Å². The molecule has 0 radical (unpaired) electrons. The summed E-state index contributed by atoms with van der Waals surface area (Å²) in [7, 11) is 0. The van der Waals surface area contributed by atoms with Crippen LogP contribution in [-0.2, 0) is 9.53 Å². The van der Waals surface area contributed by atoms with Crippen molar-refractivity contribution in [1.82, 2.24) is 14.8 Å². The van der Waals surface area contributed by atoms with E-state index in [1.165, 1.54) is 47.2 Å². The Bertz CT molecular complexity index is 1410. The fourth-order valence-electron chi connectivity index (χ4n) is 2.97. The molecule has 35 heavy (non-hydrogen) atoms. The van der Waals surface area contributed by atoms with E-state index in [0.717, 1.165) is 18.2 Å². The zero-order valence-electron chi connectivity index (χ0n) is 17.8. The molecule has 0 fully saturated rings. The molecule has 13 heteroatoms. The number of aromatic nitrogens is 3. The number of ether oxygens (including phenoxy) is 1. The van der Waals surface area contributed by atoms with Gasteiger partial charge in [0.15, 0.2) is 11.9 Å². The second kappa shape index (κ2) is 9.77. The third-order valence-electron chi connectivity index (χ3n) is 4.67. The molecule has 4 aromatic rings. The van der Waals surface area contributed by atoms with Crippen LogP contribution in [0.5, 0.6) is 0 Å². The number of benzene rings is 2. The first-order valence-corrected chi connectivity index (χ1v) is 10.8. The number of anilines is 1. The smallest absolute Gasteiger partial charge is 0.379 e. The van der Waals surface area contributed by atoms with Crippen LogP contribution in [0, 0.1) is 21.7 Å². The Morgan fingerprint density at radius 3 is 2.57 bits per heavy atom. The Morgan fingerprint density at radius 1 is 1.17 bits per heavy atom. The minimum atomic E-state index is -1.34. The summed E-state index contributed by atoms with van der Waals surface area (Å²) >= 11 is 1.35. The van der Waals surface area contributed by atoms with Gasteiger partial charge < -0.3 is 10.1 Å². The van der Waals surface area contributed by atoms with Crippen LogP contribution in [-0.4, -0.2) is 37.7 Å². The lowest BCUT2D eigenvalue weighted by Crippen LogP contribution is -2.30. The Kier molecular flexibility index (Phi) is 6.59. The van der Waals surface area contributed by atoms with Crippen molar-refractivity contribution in [3.63, 3.8) is 0 Å². The molecule has 178 valence electrons. The minimum Gasteiger partial charge on any atom is -0.447 e. The molecule has 4 rings (SSSR count). The second-order valence-corrected chi connectivity index (χ2v) is 8.03. The van der Waals surface area contributed by atoms with Gasteiger partial charge in [-0.1, -0.05) is 6.07 Å². The van der Waals surface area contributed by atoms with Gasteiger partial charge in [0.25, 0.3) is 11.7 Å². The van der Waals surface area contributed by atoms with E-state index >= 15 is 0 Å². The molecule has 1 unspecified atom stereocenters. The normalized spacial score (nSPS) is 11.6. The first-order chi connectivity index (χ1) is 16.7. The Hall–Kier alpha value is -4.52. The predicted octanol–water partition coefficient (Wildman–Crippen LogP) is 4.37. The summed E-state index contributed by atoms with van der Waals surface area (Å²) in [6.45, 7) is 1.28. The number of hydrogen-bond donors (Lipinski definition) is 1. The molecule has 1 N–H and O–H groups in total. The number of halogens is 2. The Morgan fingerprint density at radius 2 is 1.91 bits per heavy atom. The second-order valence-electron chi connectivity index (χ2n) is 7.08. The standard InChI is InChI=1S/C22H15F2N5O5S/c1-12(21(30)25-14-6-9-16(24)17(11-14)29(32)33)34-22(31)19-26-20(18-3-2-10-35-18)28(27-19)15-7-4-13(23)5-8-15/h2-12H,1H3,(H,25,30). The maximum absolute atomic E-state index is 13.5. The monoisotopic (exact) mass is 499 g/mol. The van der Waals surface area contributed by atoms with E-state index in [1.54, 1.807) is 12.1 Å². The highest BCUT2D eigenvalue weighted by Gasteiger charge is 2.25. The minimum absolute atomic E-state index is 0.0512. The molecule has 1 amide bonds. The largest absolute Gasteiger partial charge is 0.447 e. The number of carbonyl (C=O) groups is 2. The third kappa shape index (κ3) is 5.19. The molecule has 10 nitrogen and oxygen atoms in total. The molecule has 2 aromatic heterocycles. The van der Waals surface area contributed by atoms with Crippen LogP contribution < -0.4 is 5.32 Å². The number of nitrogens with one attached hydrogen (secondary N) is 1. The van der Waals surface area contributed by atoms with Crippen molar-refractivity contribution in [2.75, 3.05) is 5.32 Å². The van der Waals surface area contributed by atoms with Gasteiger partial charge in [-0.25, -0.2) is 13.9 Å². The third-order valence-corrected chi connectivity index (χ3v) is 5.53. The number of hydrogen-bond acceptors (Lipinski definition) is 8. The van der Waals surface area contributed by atoms with Crippen LogP contribution in [0.3, 0.4) is 0 Å². The van der Waals surface area contributed by atoms with E-state index in [2.05, 4.69) is 15.4 Å². The molecule has 0 aliphatic heterocycles. The molecule has 0 bridgehead atoms. The van der Waals surface area contributed by atoms with Crippen molar-refractivity contribution in [2.45, 2.75) is 13.0 Å². The average molecular weight is 499 g/mol. The first kappa shape index (κ1) is 23.6. The number of nitro benzene ring substituents is 1. The lowest BCUT2D eigenvalue weighted by molar-refractivity contribution is -0.387. The molecule has 2 aromatic carbocycles. The van der Waals surface area contributed by atoms with Crippen molar-refractivity contribution in [3.05, 3.63) is 87.6 Å². The summed E-state index contributed by atoms with van der Waals surface area (Å²) in [5, 5.41) is 19.2. The molecule has 0 spiro atoms. The van der Waals surface area contributed by atoms with E-state index in [4.69, 9.17) is 4.74 Å². The van der Waals surface area contributed by atoms with Gasteiger partial charge in [0.2, 0.25) is 5.82 Å². The quantitative estimate of drug-likeness (QED) is 0.227. The van der Waals surface area contributed by atoms with E-state index in [0.29, 0.717) is 16.4 Å². The van der Waals surface area contributed by atoms with Crippen molar-refractivity contribution in [2.24, 2.45) is 0 Å². The highest BCUT2D eigenvalue weighted by molar-refractivity contribution is 7.13. The molecule has 0 saturated heterocycles. The number of carbonyl (C=O) groups excluding carboxylic acids is 2. The van der Waals surface area contributed by atoms with E-state index in [-0.39, 0.29) is 11.5 Å². The Labute approximate surface area is 200 Å². The van der Waals surface area contributed by atoms with Gasteiger partial charge in [-0.15, -0.1) is 16.4 Å². The summed E-state index contributed by atoms with van der Waals surface area (Å²) in [5.74, 6) is -3.34. The molecular formula is C22H15F2N5O5S. The summed E-state index contributed by atoms with van der Waals surface area (Å²) in [4.78, 5) is 40.0. The fourth-order valence-corrected chi connectivity index (χ4v) is 3.67. The van der Waals surface area contributed by atoms with Gasteiger partial charge in [-0.3, -0.25) is 14.9 Å². The number of amides is 1. The van der Waals surface area contributed by atoms with Gasteiger partial charge in [-0.2, -0.15) is 9.37 Å². The lowest BCUT2D eigenvalue weighted by atomic mass is 10.2. The van der Waals surface area contributed by atoms with Gasteiger partial charge in [0, 0.05) is 11.8 Å². The number of nitrogens with zero attached hydrogens (tertiary/aromatic N) is 4. The predicted molar refractivity (Wildman–Crippen MR) is 121 cm³/mol. The van der Waals surface area contributed by atoms with Gasteiger partial charge in [-0.05, 0) is 54.8 Å². The number of thiophene rings is 1. The van der Waals surface area contributed by atoms with E-state index < -0.39 is 40.2 Å². The summed E-state index contributed by atoms with van der Waals surface area (Å²) in [5.41, 5.74) is -0.418. The van der Waals surface area contributed by atoms with Crippen LogP contribution in [0.4, 0.5) is 20.2 Å². The first-order valence-electron chi connectivity index (χ1n) is 9.95.